The van der Waals surface area contributed by atoms with E-state index in [1.165, 1.54) is 4.68 Å². The molecule has 3 heterocycles. The average molecular weight is 428 g/mol. The maximum atomic E-state index is 13.3. The lowest BCUT2D eigenvalue weighted by molar-refractivity contribution is -0.672. The predicted octanol–water partition coefficient (Wildman–Crippen LogP) is 3.42. The molecular weight excluding hydrogens is 412 g/mol. The first-order chi connectivity index (χ1) is 15.0. The summed E-state index contributed by atoms with van der Waals surface area (Å²) in [6.45, 7) is 1.94. The van der Waals surface area contributed by atoms with Crippen LogP contribution < -0.4 is 15.5 Å². The molecule has 0 amide bonds. The fourth-order valence-electron chi connectivity index (χ4n) is 3.34. The smallest absolute Gasteiger partial charge is 0.312 e. The first-order valence-electron chi connectivity index (χ1n) is 9.48. The summed E-state index contributed by atoms with van der Waals surface area (Å²) < 4.78 is 6.00. The van der Waals surface area contributed by atoms with E-state index < -0.39 is 11.7 Å². The van der Waals surface area contributed by atoms with Crippen molar-refractivity contribution in [3.8, 4) is 22.9 Å². The minimum atomic E-state index is -0.819. The third-order valence-electron chi connectivity index (χ3n) is 4.97. The number of aryl methyl sites for hydroxylation is 1. The number of hydrogen-bond donors (Lipinski definition) is 1. The number of thiophene rings is 1. The number of anilines is 1. The molecule has 0 atom stereocenters. The third kappa shape index (κ3) is 3.23. The van der Waals surface area contributed by atoms with Gasteiger partial charge in [0, 0.05) is 23.1 Å². The van der Waals surface area contributed by atoms with Crippen LogP contribution >= 0.6 is 11.3 Å². The van der Waals surface area contributed by atoms with Crippen LogP contribution in [0, 0.1) is 6.92 Å². The van der Waals surface area contributed by atoms with E-state index in [0.29, 0.717) is 15.9 Å². The largest absolute Gasteiger partial charge is 0.539 e. The number of nitrogen functional groups attached to an aromatic ring is 1. The molecule has 8 heteroatoms. The zero-order valence-electron chi connectivity index (χ0n) is 16.4. The van der Waals surface area contributed by atoms with Crippen LogP contribution in [0.3, 0.4) is 0 Å². The van der Waals surface area contributed by atoms with E-state index in [4.69, 9.17) is 10.3 Å². The van der Waals surface area contributed by atoms with Crippen molar-refractivity contribution in [1.29, 1.82) is 0 Å². The van der Waals surface area contributed by atoms with E-state index in [0.717, 1.165) is 28.2 Å². The first-order valence-corrected chi connectivity index (χ1v) is 10.3. The second-order valence-electron chi connectivity index (χ2n) is 7.05. The second kappa shape index (κ2) is 7.33. The highest BCUT2D eigenvalue weighted by atomic mass is 32.1. The molecule has 0 aliphatic rings. The normalized spacial score (nSPS) is 11.1. The van der Waals surface area contributed by atoms with Gasteiger partial charge in [0.15, 0.2) is 5.95 Å². The highest BCUT2D eigenvalue weighted by Gasteiger charge is 2.32. The number of rotatable bonds is 4. The first kappa shape index (κ1) is 19.0. The van der Waals surface area contributed by atoms with Crippen LogP contribution in [0.25, 0.3) is 27.2 Å². The highest BCUT2D eigenvalue weighted by molar-refractivity contribution is 7.21. The van der Waals surface area contributed by atoms with Crippen LogP contribution in [0.2, 0.25) is 0 Å². The molecule has 0 aliphatic carbocycles. The summed E-state index contributed by atoms with van der Waals surface area (Å²) in [6.07, 6.45) is 0. The number of nitrogens with zero attached hydrogens (tertiary/aromatic N) is 3. The van der Waals surface area contributed by atoms with Gasteiger partial charge in [0.25, 0.3) is 5.78 Å². The molecule has 7 nitrogen and oxygen atoms in total. The quantitative estimate of drug-likeness (QED) is 0.347. The van der Waals surface area contributed by atoms with Crippen molar-refractivity contribution >= 4 is 33.0 Å². The Hall–Kier alpha value is -4.04. The number of ketones is 1. The van der Waals surface area contributed by atoms with E-state index >= 15 is 0 Å². The number of fused-ring (bicyclic) bond motifs is 1. The van der Waals surface area contributed by atoms with Crippen LogP contribution in [-0.2, 0) is 0 Å². The lowest BCUT2D eigenvalue weighted by Gasteiger charge is -2.00. The summed E-state index contributed by atoms with van der Waals surface area (Å²) in [5.41, 5.74) is 9.68. The minimum Gasteiger partial charge on any atom is -0.539 e. The average Bonchev–Trinajstić information content (AvgIpc) is 3.34. The predicted molar refractivity (Wildman–Crippen MR) is 115 cm³/mol. The van der Waals surface area contributed by atoms with Gasteiger partial charge >= 0.3 is 5.69 Å². The van der Waals surface area contributed by atoms with E-state index in [-0.39, 0.29) is 16.3 Å². The summed E-state index contributed by atoms with van der Waals surface area (Å²) in [5, 5.41) is 16.8. The molecule has 5 rings (SSSR count). The van der Waals surface area contributed by atoms with Crippen molar-refractivity contribution in [3.63, 3.8) is 0 Å². The monoisotopic (exact) mass is 428 g/mol. The topological polar surface area (TPSA) is 109 Å². The summed E-state index contributed by atoms with van der Waals surface area (Å²) in [5.74, 6) is -1.37. The Kier molecular flexibility index (Phi) is 4.48. The zero-order chi connectivity index (χ0) is 21.5. The molecular formula is C23H16N4O3S. The number of hydrogen-bond acceptors (Lipinski definition) is 7. The Balaban J connectivity index is 1.60. The van der Waals surface area contributed by atoms with E-state index in [1.54, 1.807) is 12.1 Å². The minimum absolute atomic E-state index is 0.203. The molecule has 31 heavy (non-hydrogen) atoms. The molecule has 3 aromatic heterocycles. The van der Waals surface area contributed by atoms with Gasteiger partial charge in [0.2, 0.25) is 5.69 Å². The van der Waals surface area contributed by atoms with Crippen LogP contribution in [-0.4, -0.2) is 16.0 Å². The number of benzene rings is 2. The van der Waals surface area contributed by atoms with Gasteiger partial charge in [-0.2, -0.15) is 0 Å². The maximum absolute atomic E-state index is 13.3. The number of pyridine rings is 1. The van der Waals surface area contributed by atoms with Crippen molar-refractivity contribution in [2.75, 3.05) is 5.73 Å². The zero-order valence-corrected chi connectivity index (χ0v) is 17.2. The maximum Gasteiger partial charge on any atom is 0.312 e. The summed E-state index contributed by atoms with van der Waals surface area (Å²) in [7, 11) is 0. The summed E-state index contributed by atoms with van der Waals surface area (Å²) in [4.78, 5) is 18.8. The standard InChI is InChI=1S/C23H16N4O3S/c1-13-7-9-15(10-8-13)27-19(23(29)30-26-27)20(28)21-18(24)16-11-12-17(25-22(16)31-21)14-5-3-2-4-6-14/h2-12H,1H3,(H2-,24,26,28,29). The van der Waals surface area contributed by atoms with Gasteiger partial charge in [-0.1, -0.05) is 48.0 Å². The van der Waals surface area contributed by atoms with Gasteiger partial charge in [-0.15, -0.1) is 11.3 Å². The Labute approximate surface area is 181 Å². The van der Waals surface area contributed by atoms with Gasteiger partial charge in [0.05, 0.1) is 16.7 Å². The molecule has 0 radical (unpaired) electrons. The van der Waals surface area contributed by atoms with Gasteiger partial charge in [-0.05, 0) is 23.7 Å². The second-order valence-corrected chi connectivity index (χ2v) is 8.04. The SMILES string of the molecule is Cc1ccc(-[n+]2noc([O-])c2C(=O)c2sc3nc(-c4ccccc4)ccc3c2N)cc1. The Morgan fingerprint density at radius 3 is 2.55 bits per heavy atom. The molecule has 0 spiro atoms. The Morgan fingerprint density at radius 1 is 1.06 bits per heavy atom. The van der Waals surface area contributed by atoms with Crippen molar-refractivity contribution in [2.45, 2.75) is 6.92 Å². The Bertz CT molecular complexity index is 1420. The lowest BCUT2D eigenvalue weighted by atomic mass is 10.1. The fraction of sp³-hybridized carbons (Fsp3) is 0.0435. The number of carbonyl (C=O) groups is 1. The third-order valence-corrected chi connectivity index (χ3v) is 6.09. The van der Waals surface area contributed by atoms with Gasteiger partial charge in [-0.3, -0.25) is 4.79 Å². The van der Waals surface area contributed by atoms with Crippen molar-refractivity contribution in [1.82, 2.24) is 10.3 Å². The van der Waals surface area contributed by atoms with Crippen LogP contribution in [0.5, 0.6) is 5.95 Å². The van der Waals surface area contributed by atoms with Crippen molar-refractivity contribution in [3.05, 3.63) is 82.9 Å². The number of carbonyl (C=O) groups excluding carboxylic acids is 1. The molecule has 0 bridgehead atoms. The molecule has 0 saturated carbocycles. The van der Waals surface area contributed by atoms with Crippen molar-refractivity contribution < 1.29 is 19.1 Å². The van der Waals surface area contributed by atoms with Crippen molar-refractivity contribution in [2.24, 2.45) is 0 Å². The molecule has 5 aromatic rings. The molecule has 0 unspecified atom stereocenters. The molecule has 0 saturated heterocycles. The highest BCUT2D eigenvalue weighted by Crippen LogP contribution is 2.36. The van der Waals surface area contributed by atoms with Gasteiger partial charge in [0.1, 0.15) is 9.71 Å². The molecule has 152 valence electrons. The van der Waals surface area contributed by atoms with Crippen LogP contribution in [0.4, 0.5) is 5.69 Å². The molecule has 2 N–H and O–H groups in total. The molecule has 2 aromatic carbocycles. The number of nitrogens with two attached hydrogens (primary N) is 1. The summed E-state index contributed by atoms with van der Waals surface area (Å²) >= 11 is 1.15. The molecule has 0 aliphatic heterocycles. The molecule has 0 fully saturated rings. The van der Waals surface area contributed by atoms with E-state index in [2.05, 4.69) is 10.3 Å². The van der Waals surface area contributed by atoms with Crippen LogP contribution in [0.15, 0.2) is 71.3 Å². The van der Waals surface area contributed by atoms with Crippen LogP contribution in [0.1, 0.15) is 20.9 Å². The fourth-order valence-corrected chi connectivity index (χ4v) is 4.38. The van der Waals surface area contributed by atoms with Gasteiger partial charge < -0.3 is 15.4 Å². The van der Waals surface area contributed by atoms with E-state index in [9.17, 15) is 9.90 Å². The van der Waals surface area contributed by atoms with Gasteiger partial charge in [-0.25, -0.2) is 4.98 Å². The Morgan fingerprint density at radius 2 is 1.81 bits per heavy atom. The summed E-state index contributed by atoms with van der Waals surface area (Å²) in [6, 6.07) is 20.7. The van der Waals surface area contributed by atoms with E-state index in [1.807, 2.05) is 61.5 Å². The number of aromatic nitrogens is 3. The lowest BCUT2D eigenvalue weighted by Crippen LogP contribution is -2.39.